The molecule has 0 radical (unpaired) electrons. The van der Waals surface area contributed by atoms with Crippen LogP contribution in [0.4, 0.5) is 9.18 Å². The zero-order valence-electron chi connectivity index (χ0n) is 9.03. The zero-order valence-corrected chi connectivity index (χ0v) is 9.78. The molecule has 4 nitrogen and oxygen atoms in total. The first-order chi connectivity index (χ1) is 8.06. The van der Waals surface area contributed by atoms with E-state index in [9.17, 15) is 9.18 Å². The predicted molar refractivity (Wildman–Crippen MR) is 61.6 cm³/mol. The van der Waals surface area contributed by atoms with Gasteiger partial charge in [0, 0.05) is 19.0 Å². The molecule has 0 spiro atoms. The number of ether oxygens (including phenoxy) is 1. The van der Waals surface area contributed by atoms with Crippen LogP contribution in [0.5, 0.6) is 5.75 Å². The number of halogens is 2. The summed E-state index contributed by atoms with van der Waals surface area (Å²) in [5, 5.41) is 0.246. The van der Waals surface area contributed by atoms with Crippen LogP contribution in [-0.2, 0) is 0 Å². The summed E-state index contributed by atoms with van der Waals surface area (Å²) in [5.74, 6) is 0.306. The van der Waals surface area contributed by atoms with Crippen LogP contribution in [0.25, 0.3) is 0 Å². The fraction of sp³-hybridized carbons (Fsp3) is 0.364. The lowest BCUT2D eigenvalue weighted by Gasteiger charge is -2.37. The summed E-state index contributed by atoms with van der Waals surface area (Å²) in [6.07, 6.45) is 0. The largest absolute Gasteiger partial charge is 0.492 e. The molecule has 2 rings (SSSR count). The molecule has 1 fully saturated rings. The summed E-state index contributed by atoms with van der Waals surface area (Å²) >= 11 is 5.80. The summed E-state index contributed by atoms with van der Waals surface area (Å²) in [5.41, 5.74) is 5.09. The normalized spacial score (nSPS) is 15.5. The maximum absolute atomic E-state index is 12.8. The maximum atomic E-state index is 12.8. The van der Waals surface area contributed by atoms with Crippen molar-refractivity contribution < 1.29 is 13.9 Å². The van der Waals surface area contributed by atoms with Crippen molar-refractivity contribution in [3.63, 3.8) is 0 Å². The fourth-order valence-corrected chi connectivity index (χ4v) is 1.88. The van der Waals surface area contributed by atoms with E-state index < -0.39 is 11.8 Å². The van der Waals surface area contributed by atoms with Crippen molar-refractivity contribution in [1.82, 2.24) is 4.90 Å². The second-order valence-corrected chi connectivity index (χ2v) is 4.40. The third-order valence-corrected chi connectivity index (χ3v) is 2.93. The highest BCUT2D eigenvalue weighted by Crippen LogP contribution is 2.26. The Morgan fingerprint density at radius 3 is 2.88 bits per heavy atom. The quantitative estimate of drug-likeness (QED) is 0.900. The highest BCUT2D eigenvalue weighted by Gasteiger charge is 2.29. The van der Waals surface area contributed by atoms with Gasteiger partial charge in [-0.15, -0.1) is 0 Å². The van der Waals surface area contributed by atoms with Crippen LogP contribution < -0.4 is 10.5 Å². The molecule has 1 aromatic carbocycles. The number of benzene rings is 1. The average Bonchev–Trinajstić information content (AvgIpc) is 2.17. The number of carbonyl (C=O) groups is 1. The number of carbonyl (C=O) groups excluding carboxylic acids is 1. The van der Waals surface area contributed by atoms with Crippen LogP contribution in [0.1, 0.15) is 0 Å². The van der Waals surface area contributed by atoms with Crippen molar-refractivity contribution in [1.29, 1.82) is 0 Å². The van der Waals surface area contributed by atoms with Crippen molar-refractivity contribution in [3.05, 3.63) is 29.0 Å². The minimum atomic E-state index is -0.416. The molecule has 17 heavy (non-hydrogen) atoms. The minimum Gasteiger partial charge on any atom is -0.492 e. The van der Waals surface area contributed by atoms with Gasteiger partial charge < -0.3 is 15.4 Å². The second-order valence-electron chi connectivity index (χ2n) is 3.99. The van der Waals surface area contributed by atoms with Crippen LogP contribution in [0.3, 0.4) is 0 Å². The summed E-state index contributed by atoms with van der Waals surface area (Å²) < 4.78 is 18.2. The van der Waals surface area contributed by atoms with Gasteiger partial charge in [0.05, 0.1) is 11.6 Å². The molecule has 6 heteroatoms. The Kier molecular flexibility index (Phi) is 3.38. The first-order valence-corrected chi connectivity index (χ1v) is 5.56. The van der Waals surface area contributed by atoms with Gasteiger partial charge in [-0.3, -0.25) is 0 Å². The number of primary amides is 1. The standard InChI is InChI=1S/C11H12ClFN2O2/c12-9-3-8(13)1-2-10(9)17-6-7-4-15(5-7)11(14)16/h1-3,7H,4-6H2,(H2,14,16). The van der Waals surface area contributed by atoms with Gasteiger partial charge >= 0.3 is 6.03 Å². The Bertz CT molecular complexity index is 435. The zero-order chi connectivity index (χ0) is 12.4. The van der Waals surface area contributed by atoms with Gasteiger partial charge in [0.25, 0.3) is 0 Å². The van der Waals surface area contributed by atoms with Crippen LogP contribution in [0.2, 0.25) is 5.02 Å². The number of amides is 2. The molecular formula is C11H12ClFN2O2. The molecule has 1 aliphatic heterocycles. The van der Waals surface area contributed by atoms with E-state index in [0.29, 0.717) is 25.4 Å². The highest BCUT2D eigenvalue weighted by atomic mass is 35.5. The predicted octanol–water partition coefficient (Wildman–Crippen LogP) is 1.87. The third kappa shape index (κ3) is 2.79. The van der Waals surface area contributed by atoms with E-state index in [1.165, 1.54) is 23.1 Å². The van der Waals surface area contributed by atoms with Crippen LogP contribution in [0, 0.1) is 11.7 Å². The minimum absolute atomic E-state index is 0.246. The van der Waals surface area contributed by atoms with E-state index in [1.54, 1.807) is 0 Å². The van der Waals surface area contributed by atoms with Crippen molar-refractivity contribution in [2.75, 3.05) is 19.7 Å². The van der Waals surface area contributed by atoms with Gasteiger partial charge in [0.2, 0.25) is 0 Å². The Morgan fingerprint density at radius 2 is 2.29 bits per heavy atom. The van der Waals surface area contributed by atoms with Gasteiger partial charge in [0.1, 0.15) is 11.6 Å². The molecule has 2 N–H and O–H groups in total. The van der Waals surface area contributed by atoms with E-state index >= 15 is 0 Å². The Hall–Kier alpha value is -1.49. The number of nitrogens with two attached hydrogens (primary N) is 1. The van der Waals surface area contributed by atoms with Gasteiger partial charge in [-0.05, 0) is 18.2 Å². The number of hydrogen-bond acceptors (Lipinski definition) is 2. The molecule has 0 bridgehead atoms. The average molecular weight is 259 g/mol. The lowest BCUT2D eigenvalue weighted by molar-refractivity contribution is 0.0903. The summed E-state index contributed by atoms with van der Waals surface area (Å²) in [7, 11) is 0. The number of rotatable bonds is 3. The molecule has 1 aliphatic rings. The van der Waals surface area contributed by atoms with Crippen LogP contribution in [0.15, 0.2) is 18.2 Å². The number of hydrogen-bond donors (Lipinski definition) is 1. The first kappa shape index (κ1) is 12.0. The SMILES string of the molecule is NC(=O)N1CC(COc2ccc(F)cc2Cl)C1. The molecule has 1 aromatic rings. The lowest BCUT2D eigenvalue weighted by atomic mass is 10.0. The second kappa shape index (κ2) is 4.79. The molecule has 92 valence electrons. The van der Waals surface area contributed by atoms with Gasteiger partial charge in [-0.2, -0.15) is 0 Å². The molecule has 0 atom stereocenters. The molecule has 0 aromatic heterocycles. The van der Waals surface area contributed by atoms with Crippen molar-refractivity contribution in [2.24, 2.45) is 11.7 Å². The number of likely N-dealkylation sites (tertiary alicyclic amines) is 1. The van der Waals surface area contributed by atoms with E-state index in [2.05, 4.69) is 0 Å². The van der Waals surface area contributed by atoms with Gasteiger partial charge in [0.15, 0.2) is 0 Å². The van der Waals surface area contributed by atoms with Crippen LogP contribution in [-0.4, -0.2) is 30.6 Å². The maximum Gasteiger partial charge on any atom is 0.314 e. The van der Waals surface area contributed by atoms with E-state index in [4.69, 9.17) is 22.1 Å². The Balaban J connectivity index is 1.81. The van der Waals surface area contributed by atoms with Gasteiger partial charge in [-0.1, -0.05) is 11.6 Å². The summed E-state index contributed by atoms with van der Waals surface area (Å²) in [6, 6.07) is 3.56. The van der Waals surface area contributed by atoms with Crippen molar-refractivity contribution in [3.8, 4) is 5.75 Å². The van der Waals surface area contributed by atoms with E-state index in [-0.39, 0.29) is 10.9 Å². The Morgan fingerprint density at radius 1 is 1.59 bits per heavy atom. The first-order valence-electron chi connectivity index (χ1n) is 5.18. The highest BCUT2D eigenvalue weighted by molar-refractivity contribution is 6.32. The third-order valence-electron chi connectivity index (χ3n) is 2.64. The monoisotopic (exact) mass is 258 g/mol. The topological polar surface area (TPSA) is 55.6 Å². The van der Waals surface area contributed by atoms with E-state index in [0.717, 1.165) is 0 Å². The Labute approximate surface area is 103 Å². The number of urea groups is 1. The molecule has 0 aliphatic carbocycles. The molecular weight excluding hydrogens is 247 g/mol. The van der Waals surface area contributed by atoms with Crippen LogP contribution >= 0.6 is 11.6 Å². The van der Waals surface area contributed by atoms with E-state index in [1.807, 2.05) is 0 Å². The molecule has 2 amide bonds. The number of nitrogens with zero attached hydrogens (tertiary/aromatic N) is 1. The van der Waals surface area contributed by atoms with Crippen molar-refractivity contribution in [2.45, 2.75) is 0 Å². The summed E-state index contributed by atoms with van der Waals surface area (Å²) in [4.78, 5) is 12.3. The molecule has 0 saturated carbocycles. The van der Waals surface area contributed by atoms with Crippen molar-refractivity contribution >= 4 is 17.6 Å². The molecule has 1 saturated heterocycles. The lowest BCUT2D eigenvalue weighted by Crippen LogP contribution is -2.54. The molecule has 1 heterocycles. The fourth-order valence-electron chi connectivity index (χ4n) is 1.66. The summed E-state index contributed by atoms with van der Waals surface area (Å²) in [6.45, 7) is 1.62. The molecule has 0 unspecified atom stereocenters. The van der Waals surface area contributed by atoms with Gasteiger partial charge in [-0.25, -0.2) is 9.18 Å². The smallest absolute Gasteiger partial charge is 0.314 e.